The number of rotatable bonds is 4. The summed E-state index contributed by atoms with van der Waals surface area (Å²) in [5.41, 5.74) is 0. The van der Waals surface area contributed by atoms with E-state index in [0.29, 0.717) is 0 Å². The first-order valence-electron chi connectivity index (χ1n) is 4.53. The monoisotopic (exact) mass is 534 g/mol. The minimum absolute atomic E-state index is 0.744. The first-order valence-corrected chi connectivity index (χ1v) is 20.9. The second-order valence-corrected chi connectivity index (χ2v) is 40.5. The molecule has 0 aromatic heterocycles. The van der Waals surface area contributed by atoms with Crippen molar-refractivity contribution in [2.45, 2.75) is 18.3 Å². The van der Waals surface area contributed by atoms with Crippen molar-refractivity contribution < 1.29 is 4.74 Å². The maximum absolute atomic E-state index is 5.42. The fourth-order valence-electron chi connectivity index (χ4n) is 1.07. The molecule has 1 aromatic carbocycles. The van der Waals surface area contributed by atoms with Crippen LogP contribution in [0, 0.1) is 0 Å². The van der Waals surface area contributed by atoms with Gasteiger partial charge >= 0.3 is 111 Å². The van der Waals surface area contributed by atoms with Crippen LogP contribution < -0.4 is 8.35 Å². The van der Waals surface area contributed by atoms with Gasteiger partial charge in [-0.05, 0) is 0 Å². The molecule has 0 saturated heterocycles. The number of benzene rings is 1. The molecule has 0 heterocycles. The van der Waals surface area contributed by atoms with Gasteiger partial charge in [-0.3, -0.25) is 0 Å². The molecule has 0 atom stereocenters. The molecule has 0 radical (unpaired) electrons. The Bertz CT molecular complexity index is 285. The standard InChI is InChI=1S/C10H14I2OTe/c1-3-13-9-5-7-10(8-6-9)14(11,12)4-2/h5-8H,3-4H2,1-2H3. The molecule has 0 aliphatic heterocycles. The topological polar surface area (TPSA) is 9.23 Å². The molecule has 0 N–H and O–H groups in total. The van der Waals surface area contributed by atoms with E-state index in [1.807, 2.05) is 6.92 Å². The van der Waals surface area contributed by atoms with Crippen molar-refractivity contribution in [1.82, 2.24) is 0 Å². The number of halogens is 2. The molecule has 14 heavy (non-hydrogen) atoms. The first-order chi connectivity index (χ1) is 6.60. The molecule has 0 bridgehead atoms. The Kier molecular flexibility index (Phi) is 5.83. The zero-order chi connectivity index (χ0) is 10.6. The minimum atomic E-state index is -1.74. The predicted octanol–water partition coefficient (Wildman–Crippen LogP) is 3.62. The quantitative estimate of drug-likeness (QED) is 0.426. The van der Waals surface area contributed by atoms with Crippen LogP contribution in [0.5, 0.6) is 5.75 Å². The predicted molar refractivity (Wildman–Crippen MR) is 81.5 cm³/mol. The van der Waals surface area contributed by atoms with Crippen LogP contribution in [0.1, 0.15) is 13.8 Å². The van der Waals surface area contributed by atoms with Crippen molar-refractivity contribution >= 4 is 51.3 Å². The number of ether oxygens (including phenoxy) is 1. The maximum atomic E-state index is 5.42. The van der Waals surface area contributed by atoms with Crippen molar-refractivity contribution in [2.75, 3.05) is 6.61 Å². The third kappa shape index (κ3) is 3.69. The third-order valence-electron chi connectivity index (χ3n) is 1.84. The molecular weight excluding hydrogens is 518 g/mol. The van der Waals surface area contributed by atoms with E-state index in [1.165, 1.54) is 4.47 Å². The third-order valence-corrected chi connectivity index (χ3v) is 21.8. The molecule has 0 fully saturated rings. The van der Waals surface area contributed by atoms with Gasteiger partial charge in [-0.25, -0.2) is 0 Å². The molecule has 1 nitrogen and oxygen atoms in total. The average molecular weight is 532 g/mol. The van der Waals surface area contributed by atoms with E-state index >= 15 is 0 Å². The van der Waals surface area contributed by atoms with Gasteiger partial charge in [-0.15, -0.1) is 0 Å². The van der Waals surface area contributed by atoms with Crippen LogP contribution in [-0.4, -0.2) is 16.9 Å². The summed E-state index contributed by atoms with van der Waals surface area (Å²) in [5.74, 6) is 0.985. The van der Waals surface area contributed by atoms with Crippen molar-refractivity contribution in [3.05, 3.63) is 24.3 Å². The first kappa shape index (κ1) is 13.3. The van der Waals surface area contributed by atoms with Crippen LogP contribution in [0.4, 0.5) is 0 Å². The van der Waals surface area contributed by atoms with Gasteiger partial charge in [-0.2, -0.15) is 0 Å². The summed E-state index contributed by atoms with van der Waals surface area (Å²) in [6.45, 7) is 5.05. The van der Waals surface area contributed by atoms with Crippen LogP contribution >= 0.6 is 37.4 Å². The molecule has 0 spiro atoms. The molecule has 0 amide bonds. The van der Waals surface area contributed by atoms with Gasteiger partial charge in [0, 0.05) is 0 Å². The molecule has 1 rings (SSSR count). The number of hydrogen-bond donors (Lipinski definition) is 0. The summed E-state index contributed by atoms with van der Waals surface area (Å²) in [5, 5.41) is 0. The summed E-state index contributed by atoms with van der Waals surface area (Å²) < 4.78 is 8.28. The van der Waals surface area contributed by atoms with Crippen molar-refractivity contribution in [3.63, 3.8) is 0 Å². The summed E-state index contributed by atoms with van der Waals surface area (Å²) >= 11 is 5.35. The van der Waals surface area contributed by atoms with Gasteiger partial charge in [0.15, 0.2) is 0 Å². The second-order valence-electron chi connectivity index (χ2n) is 2.77. The SMILES string of the molecule is CCOc1ccc([Te](I)(I)CC)cc1. The Hall–Kier alpha value is 1.27. The van der Waals surface area contributed by atoms with Crippen LogP contribution in [0.2, 0.25) is 4.47 Å². The van der Waals surface area contributed by atoms with Gasteiger partial charge in [0.05, 0.1) is 0 Å². The van der Waals surface area contributed by atoms with Crippen LogP contribution in [0.25, 0.3) is 0 Å². The molecule has 0 saturated carbocycles. The Labute approximate surface area is 109 Å². The normalized spacial score (nSPS) is 12.6. The second kappa shape index (κ2) is 6.12. The average Bonchev–Trinajstić information content (AvgIpc) is 2.19. The van der Waals surface area contributed by atoms with Gasteiger partial charge in [0.1, 0.15) is 0 Å². The Morgan fingerprint density at radius 1 is 1.14 bits per heavy atom. The van der Waals surface area contributed by atoms with Crippen molar-refractivity contribution in [2.24, 2.45) is 0 Å². The van der Waals surface area contributed by atoms with E-state index in [0.717, 1.165) is 12.4 Å². The van der Waals surface area contributed by atoms with E-state index < -0.39 is 10.3 Å². The fraction of sp³-hybridized carbons (Fsp3) is 0.400. The summed E-state index contributed by atoms with van der Waals surface area (Å²) in [4.78, 5) is 0. The Morgan fingerprint density at radius 2 is 1.71 bits per heavy atom. The van der Waals surface area contributed by atoms with Gasteiger partial charge in [-0.1, -0.05) is 0 Å². The Balaban J connectivity index is 2.82. The summed E-state index contributed by atoms with van der Waals surface area (Å²) in [6.07, 6.45) is 0. The molecule has 80 valence electrons. The van der Waals surface area contributed by atoms with Crippen LogP contribution in [-0.2, 0) is 0 Å². The molecule has 0 aliphatic carbocycles. The van der Waals surface area contributed by atoms with E-state index in [4.69, 9.17) is 4.74 Å². The zero-order valence-electron chi connectivity index (χ0n) is 8.30. The van der Waals surface area contributed by atoms with E-state index in [2.05, 4.69) is 68.6 Å². The molecule has 0 unspecified atom stereocenters. The zero-order valence-corrected chi connectivity index (χ0v) is 14.9. The molecule has 4 heteroatoms. The van der Waals surface area contributed by atoms with E-state index in [-0.39, 0.29) is 0 Å². The van der Waals surface area contributed by atoms with E-state index in [1.54, 1.807) is 3.61 Å². The van der Waals surface area contributed by atoms with Crippen molar-refractivity contribution in [3.8, 4) is 5.75 Å². The van der Waals surface area contributed by atoms with Crippen LogP contribution in [0.15, 0.2) is 24.3 Å². The number of hydrogen-bond acceptors (Lipinski definition) is 1. The summed E-state index contributed by atoms with van der Waals surface area (Å²) in [7, 11) is -1.74. The summed E-state index contributed by atoms with van der Waals surface area (Å²) in [6, 6.07) is 8.64. The molecule has 1 aromatic rings. The van der Waals surface area contributed by atoms with E-state index in [9.17, 15) is 0 Å². The van der Waals surface area contributed by atoms with Crippen LogP contribution in [0.3, 0.4) is 0 Å². The molecule has 0 aliphatic rings. The van der Waals surface area contributed by atoms with Gasteiger partial charge in [0.2, 0.25) is 0 Å². The van der Waals surface area contributed by atoms with Gasteiger partial charge in [0.25, 0.3) is 0 Å². The Morgan fingerprint density at radius 3 is 2.14 bits per heavy atom. The van der Waals surface area contributed by atoms with Crippen molar-refractivity contribution in [1.29, 1.82) is 0 Å². The molecular formula is C10H14I2OTe. The fourth-order valence-corrected chi connectivity index (χ4v) is 7.48. The van der Waals surface area contributed by atoms with Gasteiger partial charge < -0.3 is 0 Å².